The number of halogens is 4. The van der Waals surface area contributed by atoms with Crippen LogP contribution in [0.1, 0.15) is 12.0 Å². The molecule has 0 spiro atoms. The summed E-state index contributed by atoms with van der Waals surface area (Å²) in [5, 5.41) is 8.13. The molecule has 0 aliphatic heterocycles. The van der Waals surface area contributed by atoms with E-state index in [1.54, 1.807) is 24.3 Å². The maximum atomic E-state index is 12.7. The van der Waals surface area contributed by atoms with Gasteiger partial charge in [0.15, 0.2) is 0 Å². The molecule has 0 saturated carbocycles. The molecule has 0 heterocycles. The number of benzene rings is 2. The van der Waals surface area contributed by atoms with Crippen molar-refractivity contribution < 1.29 is 13.2 Å². The van der Waals surface area contributed by atoms with Crippen molar-refractivity contribution in [1.29, 1.82) is 0 Å². The van der Waals surface area contributed by atoms with E-state index in [0.717, 1.165) is 11.3 Å². The molecule has 0 bridgehead atoms. The van der Waals surface area contributed by atoms with Crippen molar-refractivity contribution in [2.45, 2.75) is 19.0 Å². The monoisotopic (exact) mass is 384 g/mol. The summed E-state index contributed by atoms with van der Waals surface area (Å²) >= 11 is 2.93. The Bertz CT molecular complexity index is 625. The molecule has 0 fully saturated rings. The van der Waals surface area contributed by atoms with Crippen LogP contribution in [0.3, 0.4) is 0 Å². The molecule has 122 valence electrons. The molecule has 1 atom stereocenters. The lowest BCUT2D eigenvalue weighted by atomic mass is 10.0. The van der Waals surface area contributed by atoms with E-state index in [9.17, 15) is 13.2 Å². The third-order valence-electron chi connectivity index (χ3n) is 3.40. The molecular weight excluding hydrogens is 369 g/mol. The molecule has 2 rings (SSSR count). The summed E-state index contributed by atoms with van der Waals surface area (Å²) in [6, 6.07) is 16.4. The van der Waals surface area contributed by atoms with Gasteiger partial charge >= 0.3 is 6.18 Å². The normalized spacial score (nSPS) is 13.4. The van der Waals surface area contributed by atoms with Crippen molar-refractivity contribution in [3.8, 4) is 0 Å². The molecule has 6 heteroatoms. The Kier molecular flexibility index (Phi) is 6.33. The van der Waals surface area contributed by atoms with Gasteiger partial charge in [0, 0.05) is 5.33 Å². The van der Waals surface area contributed by atoms with E-state index in [2.05, 4.69) is 26.2 Å². The van der Waals surface area contributed by atoms with Gasteiger partial charge in [-0.05, 0) is 42.7 Å². The van der Waals surface area contributed by atoms with Gasteiger partial charge in [0.1, 0.15) is 0 Å². The molecule has 0 amide bonds. The Labute approximate surface area is 141 Å². The van der Waals surface area contributed by atoms with Crippen LogP contribution in [0.4, 0.5) is 24.5 Å². The van der Waals surface area contributed by atoms with E-state index in [4.69, 9.17) is 0 Å². The molecule has 1 unspecified atom stereocenters. The molecule has 23 heavy (non-hydrogen) atoms. The highest BCUT2D eigenvalue weighted by Gasteiger charge is 2.38. The minimum atomic E-state index is -4.16. The summed E-state index contributed by atoms with van der Waals surface area (Å²) in [6.07, 6.45) is -3.71. The molecule has 0 aliphatic rings. The molecule has 2 aromatic rings. The zero-order chi connectivity index (χ0) is 16.7. The van der Waals surface area contributed by atoms with E-state index in [1.807, 2.05) is 30.3 Å². The lowest BCUT2D eigenvalue weighted by Gasteiger charge is -2.17. The van der Waals surface area contributed by atoms with Gasteiger partial charge in [-0.1, -0.05) is 46.3 Å². The lowest BCUT2D eigenvalue weighted by molar-refractivity contribution is -0.169. The van der Waals surface area contributed by atoms with Crippen LogP contribution in [-0.4, -0.2) is 11.5 Å². The minimum absolute atomic E-state index is 0.0691. The molecule has 2 aromatic carbocycles. The fourth-order valence-electron chi connectivity index (χ4n) is 2.01. The number of rotatable bonds is 6. The van der Waals surface area contributed by atoms with Crippen molar-refractivity contribution in [1.82, 2.24) is 0 Å². The second-order valence-corrected chi connectivity index (χ2v) is 5.78. The number of hydrogen-bond acceptors (Lipinski definition) is 2. The van der Waals surface area contributed by atoms with Gasteiger partial charge in [-0.25, -0.2) is 0 Å². The number of hydrogen-bond donors (Lipinski definition) is 0. The van der Waals surface area contributed by atoms with Crippen LogP contribution in [0.2, 0.25) is 0 Å². The third kappa shape index (κ3) is 5.78. The van der Waals surface area contributed by atoms with Crippen LogP contribution in [-0.2, 0) is 6.42 Å². The zero-order valence-electron chi connectivity index (χ0n) is 12.3. The summed E-state index contributed by atoms with van der Waals surface area (Å²) < 4.78 is 38.1. The van der Waals surface area contributed by atoms with Crippen molar-refractivity contribution >= 4 is 27.3 Å². The quantitative estimate of drug-likeness (QED) is 0.395. The van der Waals surface area contributed by atoms with Crippen LogP contribution < -0.4 is 0 Å². The molecule has 0 saturated heterocycles. The fraction of sp³-hybridized carbons (Fsp3) is 0.294. The van der Waals surface area contributed by atoms with Gasteiger partial charge < -0.3 is 0 Å². The summed E-state index contributed by atoms with van der Waals surface area (Å²) in [7, 11) is 0. The zero-order valence-corrected chi connectivity index (χ0v) is 13.9. The first-order valence-corrected chi connectivity index (χ1v) is 8.29. The maximum absolute atomic E-state index is 12.7. The Balaban J connectivity index is 1.93. The van der Waals surface area contributed by atoms with E-state index in [0.29, 0.717) is 12.1 Å². The Morgan fingerprint density at radius 1 is 0.870 bits per heavy atom. The Morgan fingerprint density at radius 2 is 1.43 bits per heavy atom. The van der Waals surface area contributed by atoms with Crippen molar-refractivity contribution in [3.05, 3.63) is 60.2 Å². The van der Waals surface area contributed by atoms with Crippen LogP contribution in [0.25, 0.3) is 0 Å². The minimum Gasteiger partial charge on any atom is -0.171 e. The van der Waals surface area contributed by atoms with E-state index < -0.39 is 12.1 Å². The predicted molar refractivity (Wildman–Crippen MR) is 88.7 cm³/mol. The highest BCUT2D eigenvalue weighted by Crippen LogP contribution is 2.31. The average molecular weight is 385 g/mol. The Morgan fingerprint density at radius 3 is 1.96 bits per heavy atom. The Hall–Kier alpha value is -1.69. The van der Waals surface area contributed by atoms with E-state index in [-0.39, 0.29) is 11.8 Å². The number of nitrogens with zero attached hydrogens (tertiary/aromatic N) is 2. The largest absolute Gasteiger partial charge is 0.392 e. The molecule has 0 aliphatic carbocycles. The van der Waals surface area contributed by atoms with Crippen molar-refractivity contribution in [2.24, 2.45) is 16.1 Å². The van der Waals surface area contributed by atoms with Gasteiger partial charge in [-0.3, -0.25) is 0 Å². The SMILES string of the molecule is FC(F)(F)C(CBr)CCc1ccc(N=Nc2ccccc2)cc1. The van der Waals surface area contributed by atoms with Crippen LogP contribution in [0.5, 0.6) is 0 Å². The first kappa shape index (κ1) is 17.7. The van der Waals surface area contributed by atoms with Crippen molar-refractivity contribution in [2.75, 3.05) is 5.33 Å². The van der Waals surface area contributed by atoms with E-state index >= 15 is 0 Å². The molecule has 0 radical (unpaired) electrons. The summed E-state index contributed by atoms with van der Waals surface area (Å²) in [6.45, 7) is 0. The van der Waals surface area contributed by atoms with Gasteiger partial charge in [0.05, 0.1) is 17.3 Å². The van der Waals surface area contributed by atoms with Crippen LogP contribution >= 0.6 is 15.9 Å². The molecule has 0 N–H and O–H groups in total. The first-order valence-electron chi connectivity index (χ1n) is 7.17. The molecular formula is C17H16BrF3N2. The maximum Gasteiger partial charge on any atom is 0.392 e. The predicted octanol–water partition coefficient (Wildman–Crippen LogP) is 6.61. The summed E-state index contributed by atoms with van der Waals surface area (Å²) in [4.78, 5) is 0. The topological polar surface area (TPSA) is 24.7 Å². The molecule has 2 nitrogen and oxygen atoms in total. The number of aryl methyl sites for hydroxylation is 1. The van der Waals surface area contributed by atoms with Crippen molar-refractivity contribution in [3.63, 3.8) is 0 Å². The van der Waals surface area contributed by atoms with Gasteiger partial charge in [-0.2, -0.15) is 23.4 Å². The van der Waals surface area contributed by atoms with Gasteiger partial charge in [0.25, 0.3) is 0 Å². The summed E-state index contributed by atoms with van der Waals surface area (Å²) in [5.41, 5.74) is 2.28. The highest BCUT2D eigenvalue weighted by molar-refractivity contribution is 9.09. The standard InChI is InChI=1S/C17H16BrF3N2/c18-12-14(17(19,20)21)9-6-13-7-10-16(11-8-13)23-22-15-4-2-1-3-5-15/h1-5,7-8,10-11,14H,6,9,12H2. The van der Waals surface area contributed by atoms with Crippen LogP contribution in [0, 0.1) is 5.92 Å². The third-order valence-corrected chi connectivity index (χ3v) is 4.19. The van der Waals surface area contributed by atoms with Crippen LogP contribution in [0.15, 0.2) is 64.8 Å². The first-order chi connectivity index (χ1) is 11.0. The fourth-order valence-corrected chi connectivity index (χ4v) is 2.70. The van der Waals surface area contributed by atoms with Gasteiger partial charge in [0.2, 0.25) is 0 Å². The second-order valence-electron chi connectivity index (χ2n) is 5.13. The lowest BCUT2D eigenvalue weighted by Crippen LogP contribution is -2.24. The molecule has 0 aromatic heterocycles. The van der Waals surface area contributed by atoms with E-state index in [1.165, 1.54) is 0 Å². The van der Waals surface area contributed by atoms with Gasteiger partial charge in [-0.15, -0.1) is 0 Å². The summed E-state index contributed by atoms with van der Waals surface area (Å²) in [5.74, 6) is -1.32. The highest BCUT2D eigenvalue weighted by atomic mass is 79.9. The smallest absolute Gasteiger partial charge is 0.171 e. The average Bonchev–Trinajstić information content (AvgIpc) is 2.54. The second kappa shape index (κ2) is 8.24. The number of alkyl halides is 4. The number of azo groups is 1.